The highest BCUT2D eigenvalue weighted by atomic mass is 35.5. The summed E-state index contributed by atoms with van der Waals surface area (Å²) in [6.07, 6.45) is 3.48. The van der Waals surface area contributed by atoms with Gasteiger partial charge in [0, 0.05) is 31.9 Å². The van der Waals surface area contributed by atoms with Gasteiger partial charge in [-0.1, -0.05) is 11.6 Å². The second-order valence-electron chi connectivity index (χ2n) is 3.21. The third-order valence-corrected chi connectivity index (χ3v) is 2.30. The minimum atomic E-state index is -0.374. The second-order valence-corrected chi connectivity index (χ2v) is 3.60. The van der Waals surface area contributed by atoms with E-state index in [9.17, 15) is 4.79 Å². The Morgan fingerprint density at radius 3 is 2.73 bits per heavy atom. The van der Waals surface area contributed by atoms with Crippen molar-refractivity contribution in [3.63, 3.8) is 0 Å². The number of halogens is 1. The maximum absolute atomic E-state index is 11.4. The van der Waals surface area contributed by atoms with Gasteiger partial charge >= 0.3 is 5.69 Å². The first-order valence-electron chi connectivity index (χ1n) is 4.30. The number of rotatable bonds is 1. The first-order valence-corrected chi connectivity index (χ1v) is 4.68. The van der Waals surface area contributed by atoms with Crippen LogP contribution in [-0.4, -0.2) is 19.3 Å². The Morgan fingerprint density at radius 1 is 1.40 bits per heavy atom. The van der Waals surface area contributed by atoms with E-state index in [0.717, 1.165) is 5.56 Å². The molecular formula is C9H9ClN4O. The predicted molar refractivity (Wildman–Crippen MR) is 56.7 cm³/mol. The molecule has 15 heavy (non-hydrogen) atoms. The Labute approximate surface area is 90.9 Å². The fourth-order valence-corrected chi connectivity index (χ4v) is 1.52. The Bertz CT molecular complexity index is 557. The molecule has 0 saturated heterocycles. The molecule has 0 aliphatic heterocycles. The highest BCUT2D eigenvalue weighted by molar-refractivity contribution is 6.29. The van der Waals surface area contributed by atoms with Crippen molar-refractivity contribution in [2.24, 2.45) is 14.1 Å². The molecule has 78 valence electrons. The van der Waals surface area contributed by atoms with Crippen LogP contribution in [0.3, 0.4) is 0 Å². The minimum Gasteiger partial charge on any atom is -0.295 e. The van der Waals surface area contributed by atoms with Gasteiger partial charge in [0.25, 0.3) is 0 Å². The molecule has 0 radical (unpaired) electrons. The lowest BCUT2D eigenvalue weighted by Crippen LogP contribution is -2.21. The third-order valence-electron chi connectivity index (χ3n) is 2.11. The van der Waals surface area contributed by atoms with Crippen molar-refractivity contribution in [2.75, 3.05) is 0 Å². The summed E-state index contributed by atoms with van der Waals surface area (Å²) in [6, 6.07) is 1.64. The summed E-state index contributed by atoms with van der Waals surface area (Å²) in [6.45, 7) is 0. The van der Waals surface area contributed by atoms with Crippen LogP contribution >= 0.6 is 11.6 Å². The van der Waals surface area contributed by atoms with Gasteiger partial charge in [-0.05, 0) is 0 Å². The summed E-state index contributed by atoms with van der Waals surface area (Å²) in [5.41, 5.74) is 1.16. The van der Waals surface area contributed by atoms with Crippen LogP contribution in [0.25, 0.3) is 11.3 Å². The lowest BCUT2D eigenvalue weighted by Gasteiger charge is -2.04. The van der Waals surface area contributed by atoms with Crippen LogP contribution in [0.5, 0.6) is 0 Å². The van der Waals surface area contributed by atoms with Gasteiger partial charge in [-0.15, -0.1) is 0 Å². The molecular weight excluding hydrogens is 216 g/mol. The Kier molecular flexibility index (Phi) is 2.32. The maximum Gasteiger partial charge on any atom is 0.349 e. The molecule has 0 atom stereocenters. The molecule has 0 aliphatic carbocycles. The van der Waals surface area contributed by atoms with Crippen molar-refractivity contribution < 1.29 is 0 Å². The molecule has 0 spiro atoms. The monoisotopic (exact) mass is 224 g/mol. The van der Waals surface area contributed by atoms with Crippen molar-refractivity contribution in [3.05, 3.63) is 34.1 Å². The molecule has 0 bridgehead atoms. The zero-order chi connectivity index (χ0) is 11.0. The van der Waals surface area contributed by atoms with Crippen LogP contribution < -0.4 is 5.69 Å². The van der Waals surface area contributed by atoms with Crippen LogP contribution in [0.1, 0.15) is 0 Å². The minimum absolute atomic E-state index is 0.192. The van der Waals surface area contributed by atoms with Gasteiger partial charge in [0.05, 0.1) is 11.9 Å². The van der Waals surface area contributed by atoms with E-state index < -0.39 is 0 Å². The molecule has 0 unspecified atom stereocenters. The van der Waals surface area contributed by atoms with E-state index in [-0.39, 0.29) is 10.8 Å². The highest BCUT2D eigenvalue weighted by Crippen LogP contribution is 2.18. The smallest absolute Gasteiger partial charge is 0.295 e. The maximum atomic E-state index is 11.4. The SMILES string of the molecule is Cn1cc(-c2cc(Cl)nc(=O)n2C)cn1. The fourth-order valence-electron chi connectivity index (χ4n) is 1.34. The Balaban J connectivity index is 2.67. The third kappa shape index (κ3) is 1.78. The van der Waals surface area contributed by atoms with E-state index in [1.807, 2.05) is 13.2 Å². The van der Waals surface area contributed by atoms with E-state index >= 15 is 0 Å². The molecule has 2 heterocycles. The number of nitrogens with zero attached hydrogens (tertiary/aromatic N) is 4. The van der Waals surface area contributed by atoms with Crippen molar-refractivity contribution in [1.82, 2.24) is 19.3 Å². The number of hydrogen-bond acceptors (Lipinski definition) is 3. The van der Waals surface area contributed by atoms with Crippen molar-refractivity contribution in [1.29, 1.82) is 0 Å². The molecule has 2 aromatic heterocycles. The molecule has 0 N–H and O–H groups in total. The summed E-state index contributed by atoms with van der Waals surface area (Å²) in [7, 11) is 3.46. The zero-order valence-corrected chi connectivity index (χ0v) is 9.06. The topological polar surface area (TPSA) is 52.7 Å². The molecule has 0 fully saturated rings. The standard InChI is InChI=1S/C9H9ClN4O/c1-13-5-6(4-11-13)7-3-8(10)12-9(15)14(7)2/h3-5H,1-2H3. The second kappa shape index (κ2) is 3.51. The number of aryl methyl sites for hydroxylation is 1. The summed E-state index contributed by atoms with van der Waals surface area (Å²) in [5.74, 6) is 0. The van der Waals surface area contributed by atoms with Crippen LogP contribution in [-0.2, 0) is 14.1 Å². The largest absolute Gasteiger partial charge is 0.349 e. The van der Waals surface area contributed by atoms with Crippen LogP contribution in [0.4, 0.5) is 0 Å². The molecule has 0 amide bonds. The van der Waals surface area contributed by atoms with Gasteiger partial charge in [0.15, 0.2) is 0 Å². The first-order chi connectivity index (χ1) is 7.08. The lowest BCUT2D eigenvalue weighted by molar-refractivity contribution is 0.767. The van der Waals surface area contributed by atoms with Crippen LogP contribution in [0.15, 0.2) is 23.3 Å². The first kappa shape index (κ1) is 9.92. The van der Waals surface area contributed by atoms with Crippen LogP contribution in [0, 0.1) is 0 Å². The fraction of sp³-hybridized carbons (Fsp3) is 0.222. The summed E-state index contributed by atoms with van der Waals surface area (Å²) in [4.78, 5) is 15.0. The van der Waals surface area contributed by atoms with E-state index in [4.69, 9.17) is 11.6 Å². The van der Waals surface area contributed by atoms with Gasteiger partial charge in [0.2, 0.25) is 0 Å². The van der Waals surface area contributed by atoms with Crippen molar-refractivity contribution >= 4 is 11.6 Å². The predicted octanol–water partition coefficient (Wildman–Crippen LogP) is 0.834. The van der Waals surface area contributed by atoms with E-state index in [1.165, 1.54) is 4.57 Å². The normalized spacial score (nSPS) is 10.6. The molecule has 0 aromatic carbocycles. The Morgan fingerprint density at radius 2 is 2.13 bits per heavy atom. The number of hydrogen-bond donors (Lipinski definition) is 0. The highest BCUT2D eigenvalue weighted by Gasteiger charge is 2.07. The average Bonchev–Trinajstić information content (AvgIpc) is 2.58. The summed E-state index contributed by atoms with van der Waals surface area (Å²) < 4.78 is 3.09. The quantitative estimate of drug-likeness (QED) is 0.675. The van der Waals surface area contributed by atoms with Crippen LogP contribution in [0.2, 0.25) is 5.15 Å². The van der Waals surface area contributed by atoms with Gasteiger partial charge < -0.3 is 0 Å². The molecule has 0 aliphatic rings. The van der Waals surface area contributed by atoms with E-state index in [1.54, 1.807) is 24.0 Å². The van der Waals surface area contributed by atoms with Crippen molar-refractivity contribution in [3.8, 4) is 11.3 Å². The molecule has 2 aromatic rings. The van der Waals surface area contributed by atoms with Gasteiger partial charge in [-0.25, -0.2) is 4.79 Å². The zero-order valence-electron chi connectivity index (χ0n) is 8.31. The molecule has 0 saturated carbocycles. The van der Waals surface area contributed by atoms with Crippen molar-refractivity contribution in [2.45, 2.75) is 0 Å². The summed E-state index contributed by atoms with van der Waals surface area (Å²) >= 11 is 5.73. The molecule has 6 heteroatoms. The lowest BCUT2D eigenvalue weighted by atomic mass is 10.2. The van der Waals surface area contributed by atoms with E-state index in [0.29, 0.717) is 5.69 Å². The molecule has 2 rings (SSSR count). The van der Waals surface area contributed by atoms with Gasteiger partial charge in [-0.3, -0.25) is 9.25 Å². The van der Waals surface area contributed by atoms with Gasteiger partial charge in [0.1, 0.15) is 5.15 Å². The van der Waals surface area contributed by atoms with E-state index in [2.05, 4.69) is 10.1 Å². The van der Waals surface area contributed by atoms with Gasteiger partial charge in [-0.2, -0.15) is 10.1 Å². The molecule has 5 nitrogen and oxygen atoms in total. The number of aromatic nitrogens is 4. The summed E-state index contributed by atoms with van der Waals surface area (Å²) in [5, 5.41) is 4.22. The average molecular weight is 225 g/mol. The Hall–Kier alpha value is -1.62.